The first-order valence-electron chi connectivity index (χ1n) is 11.0. The zero-order valence-corrected chi connectivity index (χ0v) is 23.4. The molecule has 4 amide bonds. The highest BCUT2D eigenvalue weighted by atomic mass is 79.9. The van der Waals surface area contributed by atoms with Crippen LogP contribution in [0.25, 0.3) is 6.08 Å². The molecule has 0 bridgehead atoms. The standard InChI is InChI=1S/C26H20BrClN2O7S/c1-14-4-7-18(8-5-14)38(34,35)37-23-21(28)12-16(13-22(23)36-3)11-19-24(31)29-26(33)30(25(19)32)17-6-9-20(27)15(2)10-17/h4-13H,1-3H3,(H,29,31,33)/b19-11-. The molecule has 1 heterocycles. The van der Waals surface area contributed by atoms with Gasteiger partial charge in [0.1, 0.15) is 10.5 Å². The number of halogens is 2. The minimum atomic E-state index is -4.24. The van der Waals surface area contributed by atoms with Crippen LogP contribution in [0.15, 0.2) is 69.5 Å². The van der Waals surface area contributed by atoms with Crippen LogP contribution in [-0.2, 0) is 19.7 Å². The summed E-state index contributed by atoms with van der Waals surface area (Å²) in [6.45, 7) is 3.61. The van der Waals surface area contributed by atoms with Crippen molar-refractivity contribution in [2.24, 2.45) is 0 Å². The Hall–Kier alpha value is -3.67. The molecule has 1 N–H and O–H groups in total. The highest BCUT2D eigenvalue weighted by molar-refractivity contribution is 9.10. The summed E-state index contributed by atoms with van der Waals surface area (Å²) >= 11 is 9.72. The Morgan fingerprint density at radius 2 is 1.68 bits per heavy atom. The van der Waals surface area contributed by atoms with Gasteiger partial charge in [0.25, 0.3) is 11.8 Å². The molecule has 3 aromatic carbocycles. The zero-order chi connectivity index (χ0) is 27.8. The van der Waals surface area contributed by atoms with Gasteiger partial charge >= 0.3 is 16.1 Å². The van der Waals surface area contributed by atoms with Crippen LogP contribution in [-0.4, -0.2) is 33.4 Å². The average molecular weight is 620 g/mol. The molecule has 0 unspecified atom stereocenters. The lowest BCUT2D eigenvalue weighted by atomic mass is 10.1. The maximum absolute atomic E-state index is 13.2. The van der Waals surface area contributed by atoms with Gasteiger partial charge in [-0.2, -0.15) is 8.42 Å². The number of carbonyl (C=O) groups is 3. The summed E-state index contributed by atoms with van der Waals surface area (Å²) < 4.78 is 36.9. The number of methoxy groups -OCH3 is 1. The van der Waals surface area contributed by atoms with Crippen LogP contribution in [0, 0.1) is 13.8 Å². The van der Waals surface area contributed by atoms with Crippen LogP contribution in [0.1, 0.15) is 16.7 Å². The number of ether oxygens (including phenoxy) is 1. The predicted octanol–water partition coefficient (Wildman–Crippen LogP) is 5.16. The van der Waals surface area contributed by atoms with E-state index in [1.54, 1.807) is 37.3 Å². The van der Waals surface area contributed by atoms with Gasteiger partial charge in [0.2, 0.25) is 5.75 Å². The first-order valence-corrected chi connectivity index (χ1v) is 13.6. The maximum Gasteiger partial charge on any atom is 0.339 e. The molecule has 196 valence electrons. The van der Waals surface area contributed by atoms with Crippen LogP contribution in [0.5, 0.6) is 11.5 Å². The Balaban J connectivity index is 1.70. The van der Waals surface area contributed by atoms with E-state index < -0.39 is 28.0 Å². The van der Waals surface area contributed by atoms with Gasteiger partial charge in [0, 0.05) is 4.47 Å². The number of rotatable bonds is 6. The van der Waals surface area contributed by atoms with Crippen LogP contribution in [0.3, 0.4) is 0 Å². The molecule has 4 rings (SSSR count). The van der Waals surface area contributed by atoms with Crippen molar-refractivity contribution in [1.82, 2.24) is 5.32 Å². The smallest absolute Gasteiger partial charge is 0.339 e. The average Bonchev–Trinajstić information content (AvgIpc) is 2.85. The van der Waals surface area contributed by atoms with E-state index in [0.717, 1.165) is 20.5 Å². The van der Waals surface area contributed by atoms with Crippen molar-refractivity contribution >= 4 is 67.3 Å². The fraction of sp³-hybridized carbons (Fsp3) is 0.115. The zero-order valence-electron chi connectivity index (χ0n) is 20.2. The normalized spacial score (nSPS) is 15.0. The van der Waals surface area contributed by atoms with E-state index in [1.807, 2.05) is 6.92 Å². The van der Waals surface area contributed by atoms with Crippen molar-refractivity contribution in [2.45, 2.75) is 18.7 Å². The molecule has 0 spiro atoms. The van der Waals surface area contributed by atoms with Gasteiger partial charge in [-0.3, -0.25) is 14.9 Å². The van der Waals surface area contributed by atoms with E-state index in [1.165, 1.54) is 37.5 Å². The third kappa shape index (κ3) is 5.45. The first-order chi connectivity index (χ1) is 17.9. The summed E-state index contributed by atoms with van der Waals surface area (Å²) in [5, 5.41) is 2.00. The molecule has 3 aromatic rings. The fourth-order valence-corrected chi connectivity index (χ4v) is 5.10. The molecule has 1 aliphatic heterocycles. The van der Waals surface area contributed by atoms with Gasteiger partial charge in [-0.1, -0.05) is 45.2 Å². The van der Waals surface area contributed by atoms with Gasteiger partial charge < -0.3 is 8.92 Å². The van der Waals surface area contributed by atoms with Gasteiger partial charge in [-0.05, 0) is 73.5 Å². The number of benzene rings is 3. The molecule has 0 saturated carbocycles. The minimum absolute atomic E-state index is 0.0554. The van der Waals surface area contributed by atoms with Gasteiger partial charge in [0.05, 0.1) is 17.8 Å². The SMILES string of the molecule is COc1cc(/C=C2/C(=O)NC(=O)N(c3ccc(Br)c(C)c3)C2=O)cc(Cl)c1OS(=O)(=O)c1ccc(C)cc1. The highest BCUT2D eigenvalue weighted by Crippen LogP contribution is 2.39. The monoisotopic (exact) mass is 618 g/mol. The van der Waals surface area contributed by atoms with Crippen molar-refractivity contribution < 1.29 is 31.7 Å². The first kappa shape index (κ1) is 27.4. The molecule has 0 radical (unpaired) electrons. The molecule has 12 heteroatoms. The Labute approximate surface area is 232 Å². The molecular weight excluding hydrogens is 600 g/mol. The van der Waals surface area contributed by atoms with E-state index in [2.05, 4.69) is 21.2 Å². The number of nitrogens with zero attached hydrogens (tertiary/aromatic N) is 1. The summed E-state index contributed by atoms with van der Waals surface area (Å²) in [6, 6.07) is 12.7. The molecule has 9 nitrogen and oxygen atoms in total. The lowest BCUT2D eigenvalue weighted by Crippen LogP contribution is -2.54. The van der Waals surface area contributed by atoms with E-state index in [9.17, 15) is 22.8 Å². The number of aryl methyl sites for hydroxylation is 2. The molecular formula is C26H20BrClN2O7S. The van der Waals surface area contributed by atoms with Crippen molar-refractivity contribution in [3.05, 3.63) is 86.4 Å². The van der Waals surface area contributed by atoms with E-state index in [0.29, 0.717) is 0 Å². The van der Waals surface area contributed by atoms with Crippen LogP contribution in [0.4, 0.5) is 10.5 Å². The number of nitrogens with one attached hydrogen (secondary N) is 1. The largest absolute Gasteiger partial charge is 0.493 e. The lowest BCUT2D eigenvalue weighted by Gasteiger charge is -2.26. The molecule has 38 heavy (non-hydrogen) atoms. The van der Waals surface area contributed by atoms with Crippen LogP contribution >= 0.6 is 27.5 Å². The van der Waals surface area contributed by atoms with E-state index >= 15 is 0 Å². The number of barbiturate groups is 1. The summed E-state index contributed by atoms with van der Waals surface area (Å²) in [7, 11) is -2.96. The summed E-state index contributed by atoms with van der Waals surface area (Å²) in [5.41, 5.74) is 1.80. The van der Waals surface area contributed by atoms with Crippen molar-refractivity contribution in [1.29, 1.82) is 0 Å². The summed E-state index contributed by atoms with van der Waals surface area (Å²) in [4.78, 5) is 39.0. The number of amides is 4. The number of anilines is 1. The summed E-state index contributed by atoms with van der Waals surface area (Å²) in [5.74, 6) is -2.07. The quantitative estimate of drug-likeness (QED) is 0.230. The van der Waals surface area contributed by atoms with Crippen LogP contribution in [0.2, 0.25) is 5.02 Å². The molecule has 0 atom stereocenters. The highest BCUT2D eigenvalue weighted by Gasteiger charge is 2.37. The Morgan fingerprint density at radius 3 is 2.32 bits per heavy atom. The molecule has 0 aromatic heterocycles. The fourth-order valence-electron chi connectivity index (χ4n) is 3.59. The van der Waals surface area contributed by atoms with Crippen molar-refractivity contribution in [3.63, 3.8) is 0 Å². The Bertz CT molecular complexity index is 1620. The van der Waals surface area contributed by atoms with E-state index in [-0.39, 0.29) is 38.2 Å². The Morgan fingerprint density at radius 1 is 1.00 bits per heavy atom. The van der Waals surface area contributed by atoms with E-state index in [4.69, 9.17) is 20.5 Å². The second-order valence-electron chi connectivity index (χ2n) is 8.28. The summed E-state index contributed by atoms with van der Waals surface area (Å²) in [6.07, 6.45) is 1.22. The third-order valence-corrected chi connectivity index (χ3v) is 7.97. The molecule has 1 fully saturated rings. The second-order valence-corrected chi connectivity index (χ2v) is 11.1. The number of hydrogen-bond donors (Lipinski definition) is 1. The molecule has 1 aliphatic rings. The Kier molecular flexibility index (Phi) is 7.63. The number of imide groups is 2. The van der Waals surface area contributed by atoms with Gasteiger partial charge in [-0.25, -0.2) is 9.69 Å². The minimum Gasteiger partial charge on any atom is -0.493 e. The third-order valence-electron chi connectivity index (χ3n) is 5.57. The van der Waals surface area contributed by atoms with Crippen LogP contribution < -0.4 is 19.1 Å². The number of urea groups is 1. The van der Waals surface area contributed by atoms with Gasteiger partial charge in [-0.15, -0.1) is 0 Å². The second kappa shape index (κ2) is 10.6. The van der Waals surface area contributed by atoms with Crippen molar-refractivity contribution in [3.8, 4) is 11.5 Å². The maximum atomic E-state index is 13.2. The topological polar surface area (TPSA) is 119 Å². The van der Waals surface area contributed by atoms with Gasteiger partial charge in [0.15, 0.2) is 5.75 Å². The number of carbonyl (C=O) groups excluding carboxylic acids is 3. The molecule has 0 aliphatic carbocycles. The number of hydrogen-bond acceptors (Lipinski definition) is 7. The predicted molar refractivity (Wildman–Crippen MR) is 145 cm³/mol. The lowest BCUT2D eigenvalue weighted by molar-refractivity contribution is -0.122. The van der Waals surface area contributed by atoms with Crippen molar-refractivity contribution in [2.75, 3.05) is 12.0 Å². The molecule has 1 saturated heterocycles.